The largest absolute Gasteiger partial charge is 0.497 e. The quantitative estimate of drug-likeness (QED) is 0.774. The number of hydrogen-bond donors (Lipinski definition) is 1. The number of hydrogen-bond acceptors (Lipinski definition) is 6. The van der Waals surface area contributed by atoms with Crippen LogP contribution in [0.3, 0.4) is 0 Å². The van der Waals surface area contributed by atoms with Crippen LogP contribution in [0.5, 0.6) is 5.75 Å². The van der Waals surface area contributed by atoms with Gasteiger partial charge in [-0.25, -0.2) is 9.97 Å². The van der Waals surface area contributed by atoms with Gasteiger partial charge >= 0.3 is 0 Å². The molecular formula is C24H31N5O3. The van der Waals surface area contributed by atoms with Crippen LogP contribution in [-0.2, 0) is 29.0 Å². The smallest absolute Gasteiger partial charge is 0.227 e. The molecule has 1 aromatic heterocycles. The molecule has 2 aromatic rings. The van der Waals surface area contributed by atoms with E-state index in [4.69, 9.17) is 14.7 Å². The van der Waals surface area contributed by atoms with Crippen LogP contribution in [0.15, 0.2) is 24.3 Å². The van der Waals surface area contributed by atoms with Gasteiger partial charge in [-0.05, 0) is 37.0 Å². The number of amides is 2. The highest BCUT2D eigenvalue weighted by molar-refractivity contribution is 5.79. The minimum absolute atomic E-state index is 0.0661. The van der Waals surface area contributed by atoms with Crippen LogP contribution in [-0.4, -0.2) is 58.8 Å². The summed E-state index contributed by atoms with van der Waals surface area (Å²) in [6.45, 7) is 3.47. The summed E-state index contributed by atoms with van der Waals surface area (Å²) in [7, 11) is 3.46. The molecule has 2 amide bonds. The van der Waals surface area contributed by atoms with E-state index in [1.807, 2.05) is 41.1 Å². The average Bonchev–Trinajstić information content (AvgIpc) is 2.83. The van der Waals surface area contributed by atoms with E-state index in [0.717, 1.165) is 54.2 Å². The molecule has 8 heteroatoms. The molecule has 2 aliphatic heterocycles. The van der Waals surface area contributed by atoms with Gasteiger partial charge in [-0.2, -0.15) is 0 Å². The lowest BCUT2D eigenvalue weighted by Gasteiger charge is -2.35. The second-order valence-electron chi connectivity index (χ2n) is 8.42. The van der Waals surface area contributed by atoms with Gasteiger partial charge in [-0.3, -0.25) is 9.59 Å². The standard InChI is InChI=1S/C24H31N5O3/c1-16(30)29-11-5-4-9-21(29)24-26-20-10-12-28(15-19(20)23(25-2)27-24)22(31)14-17-7-6-8-18(13-17)32-3/h6-8,13,21H,4-5,9-12,14-15H2,1-3H3,(H,25,26,27). The maximum absolute atomic E-state index is 13.0. The Hall–Kier alpha value is -3.16. The van der Waals surface area contributed by atoms with Gasteiger partial charge in [-0.15, -0.1) is 0 Å². The van der Waals surface area contributed by atoms with Crippen molar-refractivity contribution >= 4 is 17.6 Å². The topological polar surface area (TPSA) is 87.7 Å². The molecule has 4 rings (SSSR count). The Kier molecular flexibility index (Phi) is 6.58. The van der Waals surface area contributed by atoms with Crippen molar-refractivity contribution in [1.82, 2.24) is 19.8 Å². The zero-order valence-corrected chi connectivity index (χ0v) is 19.1. The zero-order chi connectivity index (χ0) is 22.7. The molecule has 1 fully saturated rings. The van der Waals surface area contributed by atoms with Gasteiger partial charge in [0.15, 0.2) is 5.82 Å². The van der Waals surface area contributed by atoms with Crippen molar-refractivity contribution in [1.29, 1.82) is 0 Å². The van der Waals surface area contributed by atoms with Crippen LogP contribution in [0.4, 0.5) is 5.82 Å². The van der Waals surface area contributed by atoms with E-state index in [1.54, 1.807) is 14.0 Å². The number of nitrogens with one attached hydrogen (secondary N) is 1. The normalized spacial score (nSPS) is 18.2. The molecule has 1 aromatic carbocycles. The second kappa shape index (κ2) is 9.54. The monoisotopic (exact) mass is 437 g/mol. The Bertz CT molecular complexity index is 992. The first-order valence-corrected chi connectivity index (χ1v) is 11.3. The third kappa shape index (κ3) is 4.54. The number of carbonyl (C=O) groups is 2. The number of fused-ring (bicyclic) bond motifs is 1. The number of likely N-dealkylation sites (tertiary alicyclic amines) is 1. The number of nitrogens with zero attached hydrogens (tertiary/aromatic N) is 4. The summed E-state index contributed by atoms with van der Waals surface area (Å²) in [5.41, 5.74) is 2.87. The summed E-state index contributed by atoms with van der Waals surface area (Å²) in [5.74, 6) is 2.35. The van der Waals surface area contributed by atoms with E-state index in [2.05, 4.69) is 5.32 Å². The number of carbonyl (C=O) groups excluding carboxylic acids is 2. The van der Waals surface area contributed by atoms with E-state index in [9.17, 15) is 9.59 Å². The first-order chi connectivity index (χ1) is 15.5. The molecule has 3 heterocycles. The second-order valence-corrected chi connectivity index (χ2v) is 8.42. The van der Waals surface area contributed by atoms with Crippen molar-refractivity contribution in [3.05, 3.63) is 46.9 Å². The van der Waals surface area contributed by atoms with Crippen molar-refractivity contribution in [3.63, 3.8) is 0 Å². The van der Waals surface area contributed by atoms with Gasteiger partial charge in [0.2, 0.25) is 11.8 Å². The number of rotatable bonds is 5. The predicted molar refractivity (Wildman–Crippen MR) is 121 cm³/mol. The molecule has 0 aliphatic carbocycles. The molecule has 1 saturated heterocycles. The number of ether oxygens (including phenoxy) is 1. The fraction of sp³-hybridized carbons (Fsp3) is 0.500. The molecule has 2 aliphatic rings. The molecule has 1 atom stereocenters. The molecular weight excluding hydrogens is 406 g/mol. The highest BCUT2D eigenvalue weighted by atomic mass is 16.5. The van der Waals surface area contributed by atoms with E-state index in [0.29, 0.717) is 31.8 Å². The third-order valence-corrected chi connectivity index (χ3v) is 6.36. The molecule has 0 bridgehead atoms. The van der Waals surface area contributed by atoms with Gasteiger partial charge in [0, 0.05) is 39.0 Å². The van der Waals surface area contributed by atoms with Crippen LogP contribution < -0.4 is 10.1 Å². The molecule has 1 unspecified atom stereocenters. The number of benzene rings is 1. The van der Waals surface area contributed by atoms with Gasteiger partial charge in [-0.1, -0.05) is 12.1 Å². The van der Waals surface area contributed by atoms with Crippen LogP contribution in [0, 0.1) is 0 Å². The zero-order valence-electron chi connectivity index (χ0n) is 19.1. The molecule has 0 spiro atoms. The first-order valence-electron chi connectivity index (χ1n) is 11.3. The molecule has 32 heavy (non-hydrogen) atoms. The minimum atomic E-state index is -0.0774. The lowest BCUT2D eigenvalue weighted by Crippen LogP contribution is -2.40. The fourth-order valence-electron chi connectivity index (χ4n) is 4.65. The van der Waals surface area contributed by atoms with Crippen LogP contribution in [0.1, 0.15) is 54.9 Å². The number of aromatic nitrogens is 2. The van der Waals surface area contributed by atoms with Gasteiger partial charge < -0.3 is 19.9 Å². The number of methoxy groups -OCH3 is 1. The Labute approximate surface area is 189 Å². The highest BCUT2D eigenvalue weighted by Gasteiger charge is 2.31. The van der Waals surface area contributed by atoms with Crippen molar-refractivity contribution in [2.75, 3.05) is 32.6 Å². The number of piperidine rings is 1. The SMILES string of the molecule is CNc1nc(C2CCCCN2C(C)=O)nc2c1CN(C(=O)Cc1cccc(OC)c1)CC2. The molecule has 170 valence electrons. The molecule has 0 radical (unpaired) electrons. The lowest BCUT2D eigenvalue weighted by molar-refractivity contribution is -0.133. The van der Waals surface area contributed by atoms with E-state index in [1.165, 1.54) is 0 Å². The first kappa shape index (κ1) is 22.0. The fourth-order valence-corrected chi connectivity index (χ4v) is 4.65. The summed E-state index contributed by atoms with van der Waals surface area (Å²) in [6.07, 6.45) is 3.97. The lowest BCUT2D eigenvalue weighted by atomic mass is 9.99. The Morgan fingerprint density at radius 1 is 1.22 bits per heavy atom. The van der Waals surface area contributed by atoms with Crippen molar-refractivity contribution < 1.29 is 14.3 Å². The summed E-state index contributed by atoms with van der Waals surface area (Å²) < 4.78 is 5.27. The van der Waals surface area contributed by atoms with Crippen LogP contribution >= 0.6 is 0 Å². The Morgan fingerprint density at radius 2 is 2.06 bits per heavy atom. The van der Waals surface area contributed by atoms with Gasteiger partial charge in [0.25, 0.3) is 0 Å². The Morgan fingerprint density at radius 3 is 2.81 bits per heavy atom. The summed E-state index contributed by atoms with van der Waals surface area (Å²) in [4.78, 5) is 38.6. The van der Waals surface area contributed by atoms with Gasteiger partial charge in [0.05, 0.1) is 31.8 Å². The minimum Gasteiger partial charge on any atom is -0.497 e. The van der Waals surface area contributed by atoms with Crippen LogP contribution in [0.25, 0.3) is 0 Å². The molecule has 1 N–H and O–H groups in total. The third-order valence-electron chi connectivity index (χ3n) is 6.36. The van der Waals surface area contributed by atoms with E-state index < -0.39 is 0 Å². The number of anilines is 1. The van der Waals surface area contributed by atoms with E-state index in [-0.39, 0.29) is 17.9 Å². The van der Waals surface area contributed by atoms with Crippen LogP contribution in [0.2, 0.25) is 0 Å². The van der Waals surface area contributed by atoms with Gasteiger partial charge in [0.1, 0.15) is 11.6 Å². The van der Waals surface area contributed by atoms with Crippen molar-refractivity contribution in [2.24, 2.45) is 0 Å². The van der Waals surface area contributed by atoms with Crippen molar-refractivity contribution in [3.8, 4) is 5.75 Å². The predicted octanol–water partition coefficient (Wildman–Crippen LogP) is 2.73. The highest BCUT2D eigenvalue weighted by Crippen LogP contribution is 2.32. The Balaban J connectivity index is 1.54. The average molecular weight is 438 g/mol. The summed E-state index contributed by atoms with van der Waals surface area (Å²) in [5, 5.41) is 3.19. The maximum atomic E-state index is 13.0. The summed E-state index contributed by atoms with van der Waals surface area (Å²) in [6, 6.07) is 7.54. The molecule has 0 saturated carbocycles. The maximum Gasteiger partial charge on any atom is 0.227 e. The summed E-state index contributed by atoms with van der Waals surface area (Å²) >= 11 is 0. The van der Waals surface area contributed by atoms with Crippen molar-refractivity contribution in [2.45, 2.75) is 51.6 Å². The van der Waals surface area contributed by atoms with E-state index >= 15 is 0 Å². The molecule has 8 nitrogen and oxygen atoms in total.